The Morgan fingerprint density at radius 2 is 1.76 bits per heavy atom. The molecule has 4 heteroatoms. The zero-order valence-electron chi connectivity index (χ0n) is 13.8. The Balaban J connectivity index is 1.79. The van der Waals surface area contributed by atoms with E-state index in [4.69, 9.17) is 0 Å². The number of urea groups is 1. The van der Waals surface area contributed by atoms with Crippen LogP contribution in [0.3, 0.4) is 0 Å². The van der Waals surface area contributed by atoms with Crippen molar-refractivity contribution in [3.05, 3.63) is 0 Å². The number of carbonyl (C=O) groups is 1. The van der Waals surface area contributed by atoms with Crippen LogP contribution in [-0.2, 0) is 0 Å². The van der Waals surface area contributed by atoms with E-state index in [-0.39, 0.29) is 24.1 Å². The fraction of sp³-hybridized carbons (Fsp3) is 0.941. The average molecular weight is 296 g/mol. The first-order valence-electron chi connectivity index (χ1n) is 8.72. The number of amides is 2. The number of likely N-dealkylation sites (tertiary alicyclic amines) is 1. The van der Waals surface area contributed by atoms with Crippen LogP contribution in [0, 0.1) is 17.8 Å². The molecule has 1 aliphatic carbocycles. The number of carbonyl (C=O) groups excluding carboxylic acids is 1. The minimum atomic E-state index is -0.318. The third-order valence-electron chi connectivity index (χ3n) is 5.73. The molecule has 0 aromatic rings. The van der Waals surface area contributed by atoms with Crippen molar-refractivity contribution in [3.8, 4) is 0 Å². The van der Waals surface area contributed by atoms with Gasteiger partial charge in [0.15, 0.2) is 0 Å². The van der Waals surface area contributed by atoms with Gasteiger partial charge in [-0.3, -0.25) is 0 Å². The minimum absolute atomic E-state index is 0.0494. The van der Waals surface area contributed by atoms with E-state index in [1.165, 1.54) is 32.1 Å². The van der Waals surface area contributed by atoms with Crippen LogP contribution in [0.5, 0.6) is 0 Å². The molecule has 2 aliphatic rings. The molecule has 2 rings (SSSR count). The first-order valence-corrected chi connectivity index (χ1v) is 8.72. The summed E-state index contributed by atoms with van der Waals surface area (Å²) in [5.74, 6) is 1.55. The van der Waals surface area contributed by atoms with Gasteiger partial charge in [0.05, 0.1) is 6.10 Å². The van der Waals surface area contributed by atoms with E-state index >= 15 is 0 Å². The topological polar surface area (TPSA) is 52.6 Å². The van der Waals surface area contributed by atoms with Crippen molar-refractivity contribution < 1.29 is 9.90 Å². The summed E-state index contributed by atoms with van der Waals surface area (Å²) in [6, 6.07) is 0.277. The van der Waals surface area contributed by atoms with E-state index in [1.807, 2.05) is 11.8 Å². The lowest BCUT2D eigenvalue weighted by Gasteiger charge is -2.33. The van der Waals surface area contributed by atoms with Crippen molar-refractivity contribution >= 4 is 6.03 Å². The molecule has 1 saturated carbocycles. The highest BCUT2D eigenvalue weighted by atomic mass is 16.3. The summed E-state index contributed by atoms with van der Waals surface area (Å²) in [7, 11) is 0. The molecule has 0 unspecified atom stereocenters. The second kappa shape index (κ2) is 7.48. The SMILES string of the molecule is C[C@H](O)[C@@H]1CCN(C(=O)N[C@H](C)[C@@H](C)C2CCCCC2)C1. The number of aliphatic hydroxyl groups excluding tert-OH is 1. The van der Waals surface area contributed by atoms with E-state index in [2.05, 4.69) is 19.2 Å². The summed E-state index contributed by atoms with van der Waals surface area (Å²) < 4.78 is 0. The molecular weight excluding hydrogens is 264 g/mol. The molecule has 122 valence electrons. The predicted octanol–water partition coefficient (Wildman–Crippen LogP) is 3.00. The van der Waals surface area contributed by atoms with Gasteiger partial charge in [0, 0.05) is 25.0 Å². The van der Waals surface area contributed by atoms with Crippen molar-refractivity contribution in [1.29, 1.82) is 0 Å². The van der Waals surface area contributed by atoms with Gasteiger partial charge in [-0.1, -0.05) is 39.0 Å². The Kier molecular flexibility index (Phi) is 5.91. The molecule has 0 radical (unpaired) electrons. The van der Waals surface area contributed by atoms with Crippen molar-refractivity contribution in [2.45, 2.75) is 71.4 Å². The maximum absolute atomic E-state index is 12.3. The monoisotopic (exact) mass is 296 g/mol. The van der Waals surface area contributed by atoms with Crippen LogP contribution >= 0.6 is 0 Å². The third-order valence-corrected chi connectivity index (χ3v) is 5.73. The highest BCUT2D eigenvalue weighted by molar-refractivity contribution is 5.74. The number of hydrogen-bond donors (Lipinski definition) is 2. The predicted molar refractivity (Wildman–Crippen MR) is 85.1 cm³/mol. The zero-order chi connectivity index (χ0) is 15.4. The number of rotatable bonds is 4. The maximum Gasteiger partial charge on any atom is 0.317 e. The molecule has 4 nitrogen and oxygen atoms in total. The molecule has 2 amide bonds. The summed E-state index contributed by atoms with van der Waals surface area (Å²) in [6.45, 7) is 7.70. The molecule has 1 aliphatic heterocycles. The Labute approximate surface area is 129 Å². The summed E-state index contributed by atoms with van der Waals surface area (Å²) in [5, 5.41) is 12.8. The van der Waals surface area contributed by atoms with Gasteiger partial charge in [0.2, 0.25) is 0 Å². The van der Waals surface area contributed by atoms with Gasteiger partial charge >= 0.3 is 6.03 Å². The highest BCUT2D eigenvalue weighted by Crippen LogP contribution is 2.31. The second-order valence-electron chi connectivity index (χ2n) is 7.23. The highest BCUT2D eigenvalue weighted by Gasteiger charge is 2.31. The van der Waals surface area contributed by atoms with E-state index in [0.29, 0.717) is 12.5 Å². The lowest BCUT2D eigenvalue weighted by molar-refractivity contribution is 0.128. The Morgan fingerprint density at radius 1 is 1.10 bits per heavy atom. The molecular formula is C17H32N2O2. The number of nitrogens with one attached hydrogen (secondary N) is 1. The number of hydrogen-bond acceptors (Lipinski definition) is 2. The van der Waals surface area contributed by atoms with E-state index in [9.17, 15) is 9.90 Å². The second-order valence-corrected chi connectivity index (χ2v) is 7.23. The van der Waals surface area contributed by atoms with Gasteiger partial charge in [-0.2, -0.15) is 0 Å². The van der Waals surface area contributed by atoms with Crippen LogP contribution in [0.4, 0.5) is 4.79 Å². The lowest BCUT2D eigenvalue weighted by atomic mass is 9.78. The first kappa shape index (κ1) is 16.6. The first-order chi connectivity index (χ1) is 9.99. The largest absolute Gasteiger partial charge is 0.393 e. The van der Waals surface area contributed by atoms with Gasteiger partial charge in [0.1, 0.15) is 0 Å². The van der Waals surface area contributed by atoms with Gasteiger partial charge in [-0.25, -0.2) is 4.79 Å². The van der Waals surface area contributed by atoms with Crippen LogP contribution in [0.15, 0.2) is 0 Å². The molecule has 0 aromatic heterocycles. The minimum Gasteiger partial charge on any atom is -0.393 e. The summed E-state index contributed by atoms with van der Waals surface area (Å²) in [6.07, 6.45) is 7.29. The van der Waals surface area contributed by atoms with Crippen molar-refractivity contribution in [2.75, 3.05) is 13.1 Å². The third kappa shape index (κ3) is 4.35. The average Bonchev–Trinajstić information content (AvgIpc) is 2.97. The summed E-state index contributed by atoms with van der Waals surface area (Å²) in [4.78, 5) is 14.2. The quantitative estimate of drug-likeness (QED) is 0.838. The van der Waals surface area contributed by atoms with Gasteiger partial charge in [-0.15, -0.1) is 0 Å². The standard InChI is InChI=1S/C17H32N2O2/c1-12(15-7-5-4-6-8-15)13(2)18-17(21)19-10-9-16(11-19)14(3)20/h12-16,20H,4-11H2,1-3H3,(H,18,21)/t12-,13-,14+,16-/m1/s1. The summed E-state index contributed by atoms with van der Waals surface area (Å²) >= 11 is 0. The fourth-order valence-electron chi connectivity index (χ4n) is 3.85. The summed E-state index contributed by atoms with van der Waals surface area (Å²) in [5.41, 5.74) is 0. The molecule has 0 spiro atoms. The molecule has 0 aromatic carbocycles. The van der Waals surface area contributed by atoms with Crippen LogP contribution in [0.1, 0.15) is 59.3 Å². The fourth-order valence-corrected chi connectivity index (χ4v) is 3.85. The molecule has 1 saturated heterocycles. The lowest BCUT2D eigenvalue weighted by Crippen LogP contribution is -2.46. The zero-order valence-corrected chi connectivity index (χ0v) is 13.8. The van der Waals surface area contributed by atoms with E-state index in [0.717, 1.165) is 18.9 Å². The smallest absolute Gasteiger partial charge is 0.317 e. The molecule has 21 heavy (non-hydrogen) atoms. The molecule has 1 heterocycles. The molecule has 4 atom stereocenters. The van der Waals surface area contributed by atoms with E-state index < -0.39 is 0 Å². The maximum atomic E-state index is 12.3. The normalized spacial score (nSPS) is 28.2. The molecule has 2 fully saturated rings. The van der Waals surface area contributed by atoms with Crippen LogP contribution in [0.25, 0.3) is 0 Å². The van der Waals surface area contributed by atoms with Crippen molar-refractivity contribution in [3.63, 3.8) is 0 Å². The Bertz CT molecular complexity index is 340. The number of aliphatic hydroxyl groups is 1. The van der Waals surface area contributed by atoms with Crippen LogP contribution in [0.2, 0.25) is 0 Å². The Hall–Kier alpha value is -0.770. The van der Waals surface area contributed by atoms with Crippen molar-refractivity contribution in [1.82, 2.24) is 10.2 Å². The number of nitrogens with zero attached hydrogens (tertiary/aromatic N) is 1. The Morgan fingerprint density at radius 3 is 2.33 bits per heavy atom. The van der Waals surface area contributed by atoms with Crippen LogP contribution < -0.4 is 5.32 Å². The van der Waals surface area contributed by atoms with Gasteiger partial charge in [0.25, 0.3) is 0 Å². The van der Waals surface area contributed by atoms with E-state index in [1.54, 1.807) is 0 Å². The molecule has 0 bridgehead atoms. The van der Waals surface area contributed by atoms with Gasteiger partial charge < -0.3 is 15.3 Å². The molecule has 2 N–H and O–H groups in total. The van der Waals surface area contributed by atoms with Crippen LogP contribution in [-0.4, -0.2) is 41.3 Å². The van der Waals surface area contributed by atoms with Crippen molar-refractivity contribution in [2.24, 2.45) is 17.8 Å². The van der Waals surface area contributed by atoms with Gasteiger partial charge in [-0.05, 0) is 32.1 Å².